The van der Waals surface area contributed by atoms with Gasteiger partial charge in [-0.3, -0.25) is 4.79 Å². The second-order valence-corrected chi connectivity index (χ2v) is 8.30. The third-order valence-electron chi connectivity index (χ3n) is 5.79. The Morgan fingerprint density at radius 2 is 2.03 bits per heavy atom. The van der Waals surface area contributed by atoms with E-state index in [0.717, 1.165) is 17.7 Å². The molecule has 1 atom stereocenters. The van der Waals surface area contributed by atoms with Crippen molar-refractivity contribution in [2.75, 3.05) is 33.9 Å². The maximum absolute atomic E-state index is 15.2. The van der Waals surface area contributed by atoms with Crippen molar-refractivity contribution in [3.63, 3.8) is 0 Å². The lowest BCUT2D eigenvalue weighted by atomic mass is 10.0. The van der Waals surface area contributed by atoms with Crippen LogP contribution in [0.25, 0.3) is 16.9 Å². The molecule has 0 bridgehead atoms. The second kappa shape index (κ2) is 9.55. The molecule has 3 aromatic rings. The molecule has 3 heterocycles. The van der Waals surface area contributed by atoms with E-state index in [2.05, 4.69) is 10.3 Å². The summed E-state index contributed by atoms with van der Waals surface area (Å²) in [5.41, 5.74) is 1.06. The van der Waals surface area contributed by atoms with Crippen LogP contribution in [0.1, 0.15) is 21.6 Å². The lowest BCUT2D eigenvalue weighted by Gasteiger charge is -2.32. The van der Waals surface area contributed by atoms with Crippen molar-refractivity contribution >= 4 is 29.2 Å². The molecule has 0 radical (unpaired) electrons. The predicted molar refractivity (Wildman–Crippen MR) is 121 cm³/mol. The van der Waals surface area contributed by atoms with E-state index in [1.54, 1.807) is 23.6 Å². The van der Waals surface area contributed by atoms with Crippen molar-refractivity contribution in [2.24, 2.45) is 0 Å². The first-order valence-corrected chi connectivity index (χ1v) is 10.9. The van der Waals surface area contributed by atoms with Gasteiger partial charge in [0.15, 0.2) is 5.65 Å². The first kappa shape index (κ1) is 23.9. The number of fused-ring (bicyclic) bond motifs is 1. The van der Waals surface area contributed by atoms with Gasteiger partial charge in [0.25, 0.3) is 5.91 Å². The molecule has 1 aromatic carbocycles. The number of aryl methyl sites for hydroxylation is 1. The number of halogens is 3. The maximum Gasteiger partial charge on any atom is 0.409 e. The quantitative estimate of drug-likeness (QED) is 0.601. The first-order chi connectivity index (χ1) is 16.2. The van der Waals surface area contributed by atoms with Gasteiger partial charge in [0.1, 0.15) is 11.6 Å². The second-order valence-electron chi connectivity index (χ2n) is 7.92. The number of aromatic nitrogens is 2. The van der Waals surface area contributed by atoms with Crippen molar-refractivity contribution in [3.8, 4) is 11.3 Å². The zero-order chi connectivity index (χ0) is 24.6. The van der Waals surface area contributed by atoms with E-state index in [4.69, 9.17) is 21.1 Å². The summed E-state index contributed by atoms with van der Waals surface area (Å²) in [5, 5.41) is 2.69. The zero-order valence-corrected chi connectivity index (χ0v) is 19.6. The highest BCUT2D eigenvalue weighted by Crippen LogP contribution is 2.34. The smallest absolute Gasteiger partial charge is 0.409 e. The third-order valence-corrected chi connectivity index (χ3v) is 6.25. The number of pyridine rings is 1. The number of rotatable bonds is 4. The molecule has 8 nitrogen and oxygen atoms in total. The summed E-state index contributed by atoms with van der Waals surface area (Å²) in [7, 11) is 2.67. The topological polar surface area (TPSA) is 85.2 Å². The Bertz CT molecular complexity index is 1260. The summed E-state index contributed by atoms with van der Waals surface area (Å²) in [4.78, 5) is 29.9. The fourth-order valence-electron chi connectivity index (χ4n) is 4.04. The standard InChI is InChI=1S/C23H23ClF2N4O4/c1-12-4-5-30-17(10-14-11-29(6-7-34-14)23(32)33-3)20(28-21(30)19(12)24)18-15(25)8-13(9-16(18)26)22(31)27-2/h4-5,8-9,14H,6-7,10-11H2,1-3H3,(H,27,31)/t14-/m0/s1. The molecule has 1 aliphatic rings. The SMILES string of the molecule is CNC(=O)c1cc(F)c(-c2nc3c(Cl)c(C)ccn3c2C[C@H]2CN(C(=O)OC)CCO2)c(F)c1. The van der Waals surface area contributed by atoms with Crippen LogP contribution in [0.2, 0.25) is 5.02 Å². The van der Waals surface area contributed by atoms with Crippen molar-refractivity contribution in [2.45, 2.75) is 19.4 Å². The maximum atomic E-state index is 15.2. The number of hydrogen-bond acceptors (Lipinski definition) is 5. The van der Waals surface area contributed by atoms with Crippen LogP contribution in [0.4, 0.5) is 13.6 Å². The number of imidazole rings is 1. The molecule has 0 spiro atoms. The van der Waals surface area contributed by atoms with Crippen LogP contribution in [0, 0.1) is 18.6 Å². The molecule has 11 heteroatoms. The van der Waals surface area contributed by atoms with Crippen LogP contribution in [-0.2, 0) is 15.9 Å². The largest absolute Gasteiger partial charge is 0.453 e. The van der Waals surface area contributed by atoms with Gasteiger partial charge in [-0.05, 0) is 30.7 Å². The van der Waals surface area contributed by atoms with E-state index in [9.17, 15) is 9.59 Å². The van der Waals surface area contributed by atoms with Crippen molar-refractivity contribution in [3.05, 3.63) is 57.9 Å². The number of morpholine rings is 1. The van der Waals surface area contributed by atoms with E-state index < -0.39 is 29.7 Å². The minimum atomic E-state index is -0.933. The molecular weight excluding hydrogens is 470 g/mol. The van der Waals surface area contributed by atoms with Gasteiger partial charge in [-0.15, -0.1) is 0 Å². The molecule has 1 aliphatic heterocycles. The monoisotopic (exact) mass is 492 g/mol. The Balaban J connectivity index is 1.83. The van der Waals surface area contributed by atoms with Gasteiger partial charge in [0.2, 0.25) is 0 Å². The molecule has 4 rings (SSSR count). The first-order valence-electron chi connectivity index (χ1n) is 10.6. The summed E-state index contributed by atoms with van der Waals surface area (Å²) in [5.74, 6) is -2.48. The highest BCUT2D eigenvalue weighted by Gasteiger charge is 2.29. The van der Waals surface area contributed by atoms with E-state index in [0.29, 0.717) is 22.9 Å². The molecule has 2 aromatic heterocycles. The Morgan fingerprint density at radius 1 is 1.32 bits per heavy atom. The Kier molecular flexibility index (Phi) is 6.72. The van der Waals surface area contributed by atoms with E-state index in [-0.39, 0.29) is 36.4 Å². The molecule has 0 aliphatic carbocycles. The van der Waals surface area contributed by atoms with Crippen molar-refractivity contribution < 1.29 is 27.8 Å². The summed E-state index contributed by atoms with van der Waals surface area (Å²) in [6.07, 6.45) is 0.965. The molecule has 34 heavy (non-hydrogen) atoms. The molecule has 2 amide bonds. The number of carbonyl (C=O) groups is 2. The van der Waals surface area contributed by atoms with Gasteiger partial charge >= 0.3 is 6.09 Å². The average Bonchev–Trinajstić information content (AvgIpc) is 3.18. The van der Waals surface area contributed by atoms with Gasteiger partial charge in [-0.1, -0.05) is 11.6 Å². The van der Waals surface area contributed by atoms with Crippen LogP contribution in [-0.4, -0.2) is 66.2 Å². The van der Waals surface area contributed by atoms with Gasteiger partial charge in [0.05, 0.1) is 48.3 Å². The van der Waals surface area contributed by atoms with Crippen LogP contribution < -0.4 is 5.32 Å². The summed E-state index contributed by atoms with van der Waals surface area (Å²) < 4.78 is 42.6. The predicted octanol–water partition coefficient (Wildman–Crippen LogP) is 3.61. The zero-order valence-electron chi connectivity index (χ0n) is 18.8. The van der Waals surface area contributed by atoms with E-state index in [1.165, 1.54) is 19.1 Å². The molecule has 1 fully saturated rings. The summed E-state index contributed by atoms with van der Waals surface area (Å²) in [6.45, 7) is 2.70. The molecule has 180 valence electrons. The fourth-order valence-corrected chi connectivity index (χ4v) is 4.24. The number of benzene rings is 1. The normalized spacial score (nSPS) is 16.1. The summed E-state index contributed by atoms with van der Waals surface area (Å²) >= 11 is 6.47. The van der Waals surface area contributed by atoms with Gasteiger partial charge < -0.3 is 24.1 Å². The van der Waals surface area contributed by atoms with Crippen molar-refractivity contribution in [1.29, 1.82) is 0 Å². The molecule has 1 saturated heterocycles. The Hall–Kier alpha value is -3.24. The molecule has 0 unspecified atom stereocenters. The van der Waals surface area contributed by atoms with Crippen molar-refractivity contribution in [1.82, 2.24) is 19.6 Å². The number of ether oxygens (including phenoxy) is 2. The van der Waals surface area contributed by atoms with Crippen LogP contribution in [0.3, 0.4) is 0 Å². The number of nitrogens with zero attached hydrogens (tertiary/aromatic N) is 3. The number of nitrogens with one attached hydrogen (secondary N) is 1. The number of hydrogen-bond donors (Lipinski definition) is 1. The Morgan fingerprint density at radius 3 is 2.68 bits per heavy atom. The average molecular weight is 493 g/mol. The molecule has 1 N–H and O–H groups in total. The number of carbonyl (C=O) groups excluding carboxylic acids is 2. The molecule has 0 saturated carbocycles. The van der Waals surface area contributed by atoms with E-state index in [1.807, 2.05) is 0 Å². The van der Waals surface area contributed by atoms with Gasteiger partial charge in [-0.2, -0.15) is 0 Å². The summed E-state index contributed by atoms with van der Waals surface area (Å²) in [6, 6.07) is 3.70. The number of methoxy groups -OCH3 is 1. The lowest BCUT2D eigenvalue weighted by molar-refractivity contribution is -0.0241. The van der Waals surface area contributed by atoms with Crippen LogP contribution in [0.15, 0.2) is 24.4 Å². The van der Waals surface area contributed by atoms with Crippen LogP contribution >= 0.6 is 11.6 Å². The minimum absolute atomic E-state index is 0.0461. The molecular formula is C23H23ClF2N4O4. The van der Waals surface area contributed by atoms with Gasteiger partial charge in [-0.25, -0.2) is 18.6 Å². The number of amides is 2. The fraction of sp³-hybridized carbons (Fsp3) is 0.348. The lowest BCUT2D eigenvalue weighted by Crippen LogP contribution is -2.46. The highest BCUT2D eigenvalue weighted by atomic mass is 35.5. The van der Waals surface area contributed by atoms with Crippen LogP contribution in [0.5, 0.6) is 0 Å². The minimum Gasteiger partial charge on any atom is -0.453 e. The van der Waals surface area contributed by atoms with E-state index >= 15 is 8.78 Å². The third kappa shape index (κ3) is 4.30. The van der Waals surface area contributed by atoms with Gasteiger partial charge in [0, 0.05) is 31.8 Å². The highest BCUT2D eigenvalue weighted by molar-refractivity contribution is 6.34. The Labute approximate surface area is 199 Å².